The predicted molar refractivity (Wildman–Crippen MR) is 34.7 cm³/mol. The maximum absolute atomic E-state index is 4.99. The normalized spacial score (nSPS) is 10.5. The number of rotatable bonds is 4. The second-order valence-corrected chi connectivity index (χ2v) is 1.92. The zero-order chi connectivity index (χ0) is 6.41. The van der Waals surface area contributed by atoms with Gasteiger partial charge in [0.1, 0.15) is 0 Å². The SMILES string of the molecule is [CH2]COCCN(C)C. The van der Waals surface area contributed by atoms with E-state index in [1.165, 1.54) is 0 Å². The van der Waals surface area contributed by atoms with Crippen molar-refractivity contribution in [1.29, 1.82) is 0 Å². The van der Waals surface area contributed by atoms with Crippen molar-refractivity contribution in [3.05, 3.63) is 6.92 Å². The molecule has 0 spiro atoms. The highest BCUT2D eigenvalue weighted by molar-refractivity contribution is 4.39. The van der Waals surface area contributed by atoms with E-state index in [1.807, 2.05) is 14.1 Å². The predicted octanol–water partition coefficient (Wildman–Crippen LogP) is 0.399. The van der Waals surface area contributed by atoms with E-state index in [4.69, 9.17) is 4.74 Å². The van der Waals surface area contributed by atoms with Gasteiger partial charge in [-0.05, 0) is 21.0 Å². The van der Waals surface area contributed by atoms with Gasteiger partial charge in [0, 0.05) is 13.2 Å². The fourth-order valence-corrected chi connectivity index (χ4v) is 0.349. The number of likely N-dealkylation sites (N-methyl/N-ethyl adjacent to an activating group) is 1. The zero-order valence-electron chi connectivity index (χ0n) is 5.68. The van der Waals surface area contributed by atoms with E-state index < -0.39 is 0 Å². The highest BCUT2D eigenvalue weighted by Gasteiger charge is 1.86. The summed E-state index contributed by atoms with van der Waals surface area (Å²) < 4.78 is 4.99. The molecule has 0 saturated heterocycles. The first kappa shape index (κ1) is 7.92. The molecule has 0 atom stereocenters. The summed E-state index contributed by atoms with van der Waals surface area (Å²) in [6, 6.07) is 0. The van der Waals surface area contributed by atoms with Gasteiger partial charge in [-0.3, -0.25) is 0 Å². The fourth-order valence-electron chi connectivity index (χ4n) is 0.349. The van der Waals surface area contributed by atoms with E-state index in [1.54, 1.807) is 0 Å². The molecule has 2 heteroatoms. The van der Waals surface area contributed by atoms with Crippen LogP contribution in [0.3, 0.4) is 0 Å². The summed E-state index contributed by atoms with van der Waals surface area (Å²) >= 11 is 0. The van der Waals surface area contributed by atoms with Gasteiger partial charge in [0.2, 0.25) is 0 Å². The smallest absolute Gasteiger partial charge is 0.0593 e. The highest BCUT2D eigenvalue weighted by atomic mass is 16.5. The Balaban J connectivity index is 2.72. The van der Waals surface area contributed by atoms with Crippen LogP contribution in [-0.2, 0) is 4.74 Å². The van der Waals surface area contributed by atoms with E-state index in [9.17, 15) is 0 Å². The maximum atomic E-state index is 4.99. The summed E-state index contributed by atoms with van der Waals surface area (Å²) in [5, 5.41) is 0. The average molecular weight is 116 g/mol. The van der Waals surface area contributed by atoms with Crippen molar-refractivity contribution in [1.82, 2.24) is 4.90 Å². The number of hydrogen-bond acceptors (Lipinski definition) is 2. The van der Waals surface area contributed by atoms with Crippen molar-refractivity contribution in [3.8, 4) is 0 Å². The molecule has 0 aromatic rings. The van der Waals surface area contributed by atoms with Gasteiger partial charge < -0.3 is 9.64 Å². The molecule has 1 radical (unpaired) electrons. The van der Waals surface area contributed by atoms with Crippen molar-refractivity contribution in [2.24, 2.45) is 0 Å². The molecule has 0 aliphatic carbocycles. The van der Waals surface area contributed by atoms with Crippen molar-refractivity contribution in [3.63, 3.8) is 0 Å². The van der Waals surface area contributed by atoms with Crippen LogP contribution in [0.4, 0.5) is 0 Å². The molecule has 0 saturated carbocycles. The van der Waals surface area contributed by atoms with Gasteiger partial charge >= 0.3 is 0 Å². The third-order valence-electron chi connectivity index (χ3n) is 0.827. The molecule has 2 nitrogen and oxygen atoms in total. The molecule has 0 aliphatic rings. The molecule has 8 heavy (non-hydrogen) atoms. The molecular weight excluding hydrogens is 102 g/mol. The van der Waals surface area contributed by atoms with Gasteiger partial charge in [-0.1, -0.05) is 0 Å². The Morgan fingerprint density at radius 2 is 2.12 bits per heavy atom. The Labute approximate surface area is 51.4 Å². The van der Waals surface area contributed by atoms with Crippen LogP contribution >= 0.6 is 0 Å². The molecular formula is C6H14NO. The Bertz CT molecular complexity index is 45.8. The van der Waals surface area contributed by atoms with Crippen LogP contribution in [0, 0.1) is 6.92 Å². The molecule has 0 aliphatic heterocycles. The molecule has 0 N–H and O–H groups in total. The molecule has 0 rings (SSSR count). The molecule has 49 valence electrons. The first-order chi connectivity index (χ1) is 3.77. The quantitative estimate of drug-likeness (QED) is 0.493. The average Bonchev–Trinajstić information content (AvgIpc) is 1.66. The molecule has 0 amide bonds. The second kappa shape index (κ2) is 5.06. The van der Waals surface area contributed by atoms with Crippen LogP contribution < -0.4 is 0 Å². The number of nitrogens with zero attached hydrogens (tertiary/aromatic N) is 1. The molecule has 0 aromatic heterocycles. The third kappa shape index (κ3) is 5.92. The van der Waals surface area contributed by atoms with Crippen LogP contribution in [-0.4, -0.2) is 38.8 Å². The maximum Gasteiger partial charge on any atom is 0.0593 e. The number of hydrogen-bond donors (Lipinski definition) is 0. The molecule has 0 aromatic carbocycles. The summed E-state index contributed by atoms with van der Waals surface area (Å²) in [5.74, 6) is 0. The summed E-state index contributed by atoms with van der Waals surface area (Å²) in [4.78, 5) is 2.08. The van der Waals surface area contributed by atoms with E-state index in [-0.39, 0.29) is 0 Å². The Hall–Kier alpha value is -0.0800. The van der Waals surface area contributed by atoms with E-state index in [0.29, 0.717) is 6.61 Å². The summed E-state index contributed by atoms with van der Waals surface area (Å²) in [6.45, 7) is 5.89. The molecule has 0 unspecified atom stereocenters. The number of ether oxygens (including phenoxy) is 1. The first-order valence-corrected chi connectivity index (χ1v) is 2.79. The van der Waals surface area contributed by atoms with Gasteiger partial charge in [0.15, 0.2) is 0 Å². The van der Waals surface area contributed by atoms with Gasteiger partial charge in [0.05, 0.1) is 6.61 Å². The van der Waals surface area contributed by atoms with Crippen LogP contribution in [0.1, 0.15) is 0 Å². The van der Waals surface area contributed by atoms with E-state index >= 15 is 0 Å². The van der Waals surface area contributed by atoms with Crippen molar-refractivity contribution >= 4 is 0 Å². The minimum Gasteiger partial charge on any atom is -0.380 e. The van der Waals surface area contributed by atoms with Crippen LogP contribution in [0.25, 0.3) is 0 Å². The second-order valence-electron chi connectivity index (χ2n) is 1.92. The lowest BCUT2D eigenvalue weighted by Crippen LogP contribution is -2.17. The summed E-state index contributed by atoms with van der Waals surface area (Å²) in [7, 11) is 4.04. The lowest BCUT2D eigenvalue weighted by atomic mass is 10.6. The van der Waals surface area contributed by atoms with Gasteiger partial charge in [-0.2, -0.15) is 0 Å². The fraction of sp³-hybridized carbons (Fsp3) is 0.833. The van der Waals surface area contributed by atoms with Gasteiger partial charge in [-0.15, -0.1) is 0 Å². The van der Waals surface area contributed by atoms with E-state index in [2.05, 4.69) is 11.8 Å². The Morgan fingerprint density at radius 3 is 2.50 bits per heavy atom. The third-order valence-corrected chi connectivity index (χ3v) is 0.827. The highest BCUT2D eigenvalue weighted by Crippen LogP contribution is 1.75. The van der Waals surface area contributed by atoms with E-state index in [0.717, 1.165) is 13.2 Å². The lowest BCUT2D eigenvalue weighted by molar-refractivity contribution is 0.140. The van der Waals surface area contributed by atoms with Crippen LogP contribution in [0.15, 0.2) is 0 Å². The van der Waals surface area contributed by atoms with Crippen molar-refractivity contribution in [2.75, 3.05) is 33.9 Å². The molecule has 0 bridgehead atoms. The van der Waals surface area contributed by atoms with Gasteiger partial charge in [-0.25, -0.2) is 0 Å². The minimum atomic E-state index is 0.577. The molecule has 0 heterocycles. The van der Waals surface area contributed by atoms with Gasteiger partial charge in [0.25, 0.3) is 0 Å². The first-order valence-electron chi connectivity index (χ1n) is 2.79. The van der Waals surface area contributed by atoms with Crippen LogP contribution in [0.2, 0.25) is 0 Å². The largest absolute Gasteiger partial charge is 0.380 e. The summed E-state index contributed by atoms with van der Waals surface area (Å²) in [5.41, 5.74) is 0. The van der Waals surface area contributed by atoms with Crippen LogP contribution in [0.5, 0.6) is 0 Å². The minimum absolute atomic E-state index is 0.577. The standard InChI is InChI=1S/C6H14NO/c1-4-8-6-5-7(2)3/h1,4-6H2,2-3H3. The molecule has 0 fully saturated rings. The lowest BCUT2D eigenvalue weighted by Gasteiger charge is -2.07. The topological polar surface area (TPSA) is 12.5 Å². The summed E-state index contributed by atoms with van der Waals surface area (Å²) in [6.07, 6.45) is 0. The Morgan fingerprint density at radius 1 is 1.50 bits per heavy atom. The monoisotopic (exact) mass is 116 g/mol. The van der Waals surface area contributed by atoms with Crippen molar-refractivity contribution < 1.29 is 4.74 Å². The van der Waals surface area contributed by atoms with Crippen molar-refractivity contribution in [2.45, 2.75) is 0 Å². The zero-order valence-corrected chi connectivity index (χ0v) is 5.68. The Kier molecular flexibility index (Phi) is 5.01.